The molecule has 3 atom stereocenters. The second-order valence-electron chi connectivity index (χ2n) is 9.62. The summed E-state index contributed by atoms with van der Waals surface area (Å²) in [5.74, 6) is 0.726. The van der Waals surface area contributed by atoms with Crippen LogP contribution in [-0.2, 0) is 0 Å². The predicted molar refractivity (Wildman–Crippen MR) is 122 cm³/mol. The zero-order valence-corrected chi connectivity index (χ0v) is 18.3. The molecule has 3 N–H and O–H groups in total. The number of hydrogen-bond donors (Lipinski definition) is 3. The van der Waals surface area contributed by atoms with Crippen molar-refractivity contribution in [1.29, 1.82) is 0 Å². The normalized spacial score (nSPS) is 29.8. The van der Waals surface area contributed by atoms with Crippen molar-refractivity contribution >= 4 is 22.6 Å². The van der Waals surface area contributed by atoms with Crippen LogP contribution in [0.15, 0.2) is 18.5 Å². The Hall–Kier alpha value is -1.92. The maximum Gasteiger partial charge on any atom is 0.224 e. The van der Waals surface area contributed by atoms with Gasteiger partial charge in [-0.2, -0.15) is 4.98 Å². The van der Waals surface area contributed by atoms with Gasteiger partial charge in [0.25, 0.3) is 0 Å². The molecule has 3 aliphatic rings. The largest absolute Gasteiger partial charge is 0.393 e. The van der Waals surface area contributed by atoms with E-state index < -0.39 is 0 Å². The van der Waals surface area contributed by atoms with E-state index in [0.717, 1.165) is 56.5 Å². The van der Waals surface area contributed by atoms with Crippen LogP contribution in [0.4, 0.5) is 5.95 Å². The summed E-state index contributed by atoms with van der Waals surface area (Å²) in [6.45, 7) is 4.40. The third-order valence-corrected chi connectivity index (χ3v) is 7.22. The summed E-state index contributed by atoms with van der Waals surface area (Å²) >= 11 is 0. The van der Waals surface area contributed by atoms with E-state index >= 15 is 0 Å². The lowest BCUT2D eigenvalue weighted by Crippen LogP contribution is -2.31. The molecule has 2 aromatic heterocycles. The van der Waals surface area contributed by atoms with Crippen LogP contribution in [0, 0.1) is 0 Å². The third kappa shape index (κ3) is 3.87. The van der Waals surface area contributed by atoms with Gasteiger partial charge in [-0.15, -0.1) is 0 Å². The summed E-state index contributed by atoms with van der Waals surface area (Å²) < 4.78 is 2.39. The Morgan fingerprint density at radius 1 is 1.23 bits per heavy atom. The summed E-state index contributed by atoms with van der Waals surface area (Å²) in [6.07, 6.45) is 16.3. The van der Waals surface area contributed by atoms with E-state index in [1.54, 1.807) is 0 Å². The topological polar surface area (TPSA) is 75.0 Å². The Morgan fingerprint density at radius 2 is 2.07 bits per heavy atom. The number of anilines is 1. The lowest BCUT2D eigenvalue weighted by molar-refractivity contribution is 0.111. The zero-order valence-electron chi connectivity index (χ0n) is 18.3. The fourth-order valence-corrected chi connectivity index (χ4v) is 5.61. The lowest BCUT2D eigenvalue weighted by atomic mass is 9.93. The number of nitrogens with one attached hydrogen (secondary N) is 2. The highest BCUT2D eigenvalue weighted by atomic mass is 16.3. The Bertz CT molecular complexity index is 927. The van der Waals surface area contributed by atoms with E-state index in [-0.39, 0.29) is 6.10 Å². The Labute approximate surface area is 179 Å². The van der Waals surface area contributed by atoms with E-state index in [1.807, 2.05) is 6.20 Å². The number of aliphatic hydroxyl groups excluding tert-OH is 1. The molecule has 5 rings (SSSR count). The van der Waals surface area contributed by atoms with Gasteiger partial charge in [0.1, 0.15) is 5.65 Å². The molecular formula is C24H35N5O. The maximum absolute atomic E-state index is 9.99. The van der Waals surface area contributed by atoms with E-state index in [2.05, 4.69) is 41.3 Å². The molecule has 0 aromatic carbocycles. The van der Waals surface area contributed by atoms with Gasteiger partial charge in [0.05, 0.1) is 6.10 Å². The van der Waals surface area contributed by atoms with Gasteiger partial charge in [-0.05, 0) is 63.9 Å². The van der Waals surface area contributed by atoms with E-state index in [9.17, 15) is 5.11 Å². The van der Waals surface area contributed by atoms with Gasteiger partial charge in [0, 0.05) is 47.5 Å². The highest BCUT2D eigenvalue weighted by Crippen LogP contribution is 2.39. The SMILES string of the molecule is CCC[C@H](C)Nc1ncc2c(C3=CC4CCC(C3)N4)cn([C@H]3CC[C@H](O)CC3)c2n1. The molecule has 2 bridgehead atoms. The molecule has 30 heavy (non-hydrogen) atoms. The van der Waals surface area contributed by atoms with Crippen LogP contribution in [0.25, 0.3) is 16.6 Å². The molecule has 162 valence electrons. The quantitative estimate of drug-likeness (QED) is 0.659. The van der Waals surface area contributed by atoms with Crippen molar-refractivity contribution < 1.29 is 5.11 Å². The Morgan fingerprint density at radius 3 is 2.83 bits per heavy atom. The molecule has 4 heterocycles. The minimum absolute atomic E-state index is 0.146. The Kier molecular flexibility index (Phi) is 5.54. The molecule has 1 aliphatic carbocycles. The molecule has 1 saturated carbocycles. The molecule has 6 nitrogen and oxygen atoms in total. The second-order valence-corrected chi connectivity index (χ2v) is 9.62. The molecule has 1 saturated heterocycles. The first-order valence-electron chi connectivity index (χ1n) is 11.9. The van der Waals surface area contributed by atoms with Crippen molar-refractivity contribution in [3.63, 3.8) is 0 Å². The molecule has 2 aliphatic heterocycles. The van der Waals surface area contributed by atoms with Crippen LogP contribution < -0.4 is 10.6 Å². The summed E-state index contributed by atoms with van der Waals surface area (Å²) in [6, 6.07) is 1.89. The van der Waals surface area contributed by atoms with Crippen LogP contribution in [-0.4, -0.2) is 43.9 Å². The third-order valence-electron chi connectivity index (χ3n) is 7.22. The second kappa shape index (κ2) is 8.31. The van der Waals surface area contributed by atoms with Crippen molar-refractivity contribution in [2.24, 2.45) is 0 Å². The van der Waals surface area contributed by atoms with Crippen LogP contribution in [0.2, 0.25) is 0 Å². The molecule has 0 amide bonds. The van der Waals surface area contributed by atoms with Crippen LogP contribution in [0.5, 0.6) is 0 Å². The van der Waals surface area contributed by atoms with E-state index in [4.69, 9.17) is 9.97 Å². The highest BCUT2D eigenvalue weighted by molar-refractivity contribution is 5.91. The average Bonchev–Trinajstić information content (AvgIpc) is 3.28. The molecular weight excluding hydrogens is 374 g/mol. The van der Waals surface area contributed by atoms with Crippen LogP contribution in [0.3, 0.4) is 0 Å². The van der Waals surface area contributed by atoms with Crippen molar-refractivity contribution in [3.05, 3.63) is 24.0 Å². The van der Waals surface area contributed by atoms with Gasteiger partial charge in [0.15, 0.2) is 0 Å². The number of rotatable bonds is 6. The molecule has 0 radical (unpaired) electrons. The number of aliphatic hydroxyl groups is 1. The first kappa shape index (κ1) is 20.0. The van der Waals surface area contributed by atoms with Crippen LogP contribution in [0.1, 0.15) is 83.2 Å². The maximum atomic E-state index is 9.99. The average molecular weight is 410 g/mol. The number of aromatic nitrogens is 3. The summed E-state index contributed by atoms with van der Waals surface area (Å²) in [5.41, 5.74) is 3.80. The standard InChI is InChI=1S/C24H35N5O/c1-3-4-15(2)26-24-25-13-21-22(16-11-17-5-6-18(12-16)27-17)14-29(23(21)28-24)19-7-9-20(30)10-8-19/h11,13-15,17-20,27,30H,3-10,12H2,1-2H3,(H,25,26,28)/t15-,17?,18?,19-,20-/m0/s1. The molecule has 6 heteroatoms. The first-order chi connectivity index (χ1) is 14.6. The fraction of sp³-hybridized carbons (Fsp3) is 0.667. The summed E-state index contributed by atoms with van der Waals surface area (Å²) in [4.78, 5) is 9.69. The van der Waals surface area contributed by atoms with Crippen molar-refractivity contribution in [2.75, 3.05) is 5.32 Å². The smallest absolute Gasteiger partial charge is 0.224 e. The van der Waals surface area contributed by atoms with Gasteiger partial charge in [0.2, 0.25) is 5.95 Å². The van der Waals surface area contributed by atoms with E-state index in [1.165, 1.54) is 29.4 Å². The number of nitrogens with zero attached hydrogens (tertiary/aromatic N) is 3. The summed E-state index contributed by atoms with van der Waals surface area (Å²) in [7, 11) is 0. The minimum Gasteiger partial charge on any atom is -0.393 e. The predicted octanol–water partition coefficient (Wildman–Crippen LogP) is 4.42. The van der Waals surface area contributed by atoms with Gasteiger partial charge in [-0.25, -0.2) is 4.98 Å². The number of hydrogen-bond acceptors (Lipinski definition) is 5. The van der Waals surface area contributed by atoms with Crippen molar-refractivity contribution in [1.82, 2.24) is 19.9 Å². The van der Waals surface area contributed by atoms with Gasteiger partial charge in [-0.1, -0.05) is 19.4 Å². The Balaban J connectivity index is 1.54. The molecule has 0 spiro atoms. The molecule has 2 unspecified atom stereocenters. The van der Waals surface area contributed by atoms with E-state index in [0.29, 0.717) is 24.2 Å². The minimum atomic E-state index is -0.146. The summed E-state index contributed by atoms with van der Waals surface area (Å²) in [5, 5.41) is 18.4. The lowest BCUT2D eigenvalue weighted by Gasteiger charge is -2.27. The first-order valence-corrected chi connectivity index (χ1v) is 11.9. The number of fused-ring (bicyclic) bond motifs is 3. The van der Waals surface area contributed by atoms with Crippen molar-refractivity contribution in [2.45, 2.75) is 102 Å². The van der Waals surface area contributed by atoms with Crippen LogP contribution >= 0.6 is 0 Å². The zero-order chi connectivity index (χ0) is 20.7. The fourth-order valence-electron chi connectivity index (χ4n) is 5.61. The van der Waals surface area contributed by atoms with Crippen molar-refractivity contribution in [3.8, 4) is 0 Å². The molecule has 2 fully saturated rings. The molecule has 2 aromatic rings. The van der Waals surface area contributed by atoms with Gasteiger partial charge in [-0.3, -0.25) is 0 Å². The highest BCUT2D eigenvalue weighted by Gasteiger charge is 2.31. The van der Waals surface area contributed by atoms with Gasteiger partial charge < -0.3 is 20.3 Å². The van der Waals surface area contributed by atoms with Gasteiger partial charge >= 0.3 is 0 Å². The monoisotopic (exact) mass is 409 g/mol.